The van der Waals surface area contributed by atoms with Crippen LogP contribution in [0.2, 0.25) is 0 Å². The summed E-state index contributed by atoms with van der Waals surface area (Å²) in [6.45, 7) is 3.59. The van der Waals surface area contributed by atoms with Crippen molar-refractivity contribution in [1.82, 2.24) is 25.1 Å². The van der Waals surface area contributed by atoms with Crippen LogP contribution in [0.5, 0.6) is 0 Å². The molecule has 0 bridgehead atoms. The molecule has 2 N–H and O–H groups in total. The minimum absolute atomic E-state index is 0.111. The third kappa shape index (κ3) is 3.00. The molecule has 0 fully saturated rings. The maximum Gasteiger partial charge on any atom is 0.253 e. The van der Waals surface area contributed by atoms with Crippen molar-refractivity contribution in [2.24, 2.45) is 0 Å². The number of hydrogen-bond acceptors (Lipinski definition) is 5. The fourth-order valence-electron chi connectivity index (χ4n) is 1.57. The van der Waals surface area contributed by atoms with Gasteiger partial charge in [-0.1, -0.05) is 6.92 Å². The zero-order chi connectivity index (χ0) is 14.6. The molecule has 0 saturated heterocycles. The van der Waals surface area contributed by atoms with E-state index >= 15 is 0 Å². The number of pyridine rings is 1. The quantitative estimate of drug-likeness (QED) is 0.831. The summed E-state index contributed by atoms with van der Waals surface area (Å²) in [7, 11) is 0. The number of aliphatic hydroxyl groups is 1. The zero-order valence-corrected chi connectivity index (χ0v) is 11.4. The first-order valence-corrected chi connectivity index (χ1v) is 6.32. The van der Waals surface area contributed by atoms with Gasteiger partial charge in [0.1, 0.15) is 12.7 Å². The zero-order valence-electron chi connectivity index (χ0n) is 11.4. The van der Waals surface area contributed by atoms with Crippen LogP contribution in [0.25, 0.3) is 5.82 Å². The van der Waals surface area contributed by atoms with Crippen molar-refractivity contribution in [3.63, 3.8) is 0 Å². The monoisotopic (exact) mass is 275 g/mol. The minimum Gasteiger partial charge on any atom is -0.394 e. The van der Waals surface area contributed by atoms with Gasteiger partial charge in [-0.2, -0.15) is 5.10 Å². The molecule has 0 radical (unpaired) electrons. The fourth-order valence-corrected chi connectivity index (χ4v) is 1.57. The summed E-state index contributed by atoms with van der Waals surface area (Å²) in [6.07, 6.45) is 5.05. The van der Waals surface area contributed by atoms with E-state index in [4.69, 9.17) is 0 Å². The second-order valence-electron chi connectivity index (χ2n) is 4.77. The molecule has 0 aliphatic carbocycles. The van der Waals surface area contributed by atoms with Crippen LogP contribution in [0.4, 0.5) is 0 Å². The smallest absolute Gasteiger partial charge is 0.253 e. The van der Waals surface area contributed by atoms with Crippen LogP contribution in [0.15, 0.2) is 31.0 Å². The average molecular weight is 275 g/mol. The Morgan fingerprint density at radius 3 is 2.80 bits per heavy atom. The molecule has 1 unspecified atom stereocenters. The van der Waals surface area contributed by atoms with Crippen molar-refractivity contribution in [1.29, 1.82) is 0 Å². The molecule has 2 heterocycles. The summed E-state index contributed by atoms with van der Waals surface area (Å²) in [5.74, 6) is 0.320. The van der Waals surface area contributed by atoms with E-state index in [-0.39, 0.29) is 12.5 Å². The Morgan fingerprint density at radius 2 is 2.30 bits per heavy atom. The highest BCUT2D eigenvalue weighted by Gasteiger charge is 2.23. The van der Waals surface area contributed by atoms with Gasteiger partial charge in [0.15, 0.2) is 5.82 Å². The van der Waals surface area contributed by atoms with Crippen molar-refractivity contribution >= 4 is 5.91 Å². The Bertz CT molecular complexity index is 561. The topological polar surface area (TPSA) is 92.9 Å². The number of carbonyl (C=O) groups excluding carboxylic acids is 1. The van der Waals surface area contributed by atoms with Gasteiger partial charge >= 0.3 is 0 Å². The minimum atomic E-state index is -0.623. The van der Waals surface area contributed by atoms with E-state index in [1.54, 1.807) is 19.1 Å². The van der Waals surface area contributed by atoms with E-state index in [1.807, 2.05) is 6.92 Å². The second kappa shape index (κ2) is 5.79. The summed E-state index contributed by atoms with van der Waals surface area (Å²) in [5, 5.41) is 16.1. The molecule has 20 heavy (non-hydrogen) atoms. The SMILES string of the molecule is CCC(C)(CO)NC(=O)c1ccc(-n2cncn2)nc1. The van der Waals surface area contributed by atoms with E-state index < -0.39 is 5.54 Å². The maximum absolute atomic E-state index is 12.1. The van der Waals surface area contributed by atoms with Gasteiger partial charge in [-0.25, -0.2) is 14.6 Å². The lowest BCUT2D eigenvalue weighted by Crippen LogP contribution is -2.48. The van der Waals surface area contributed by atoms with E-state index in [2.05, 4.69) is 20.4 Å². The van der Waals surface area contributed by atoms with Crippen LogP contribution in [-0.4, -0.2) is 42.9 Å². The summed E-state index contributed by atoms with van der Waals surface area (Å²) < 4.78 is 1.51. The Hall–Kier alpha value is -2.28. The first kappa shape index (κ1) is 14.1. The Labute approximate surface area is 116 Å². The lowest BCUT2D eigenvalue weighted by molar-refractivity contribution is 0.0847. The highest BCUT2D eigenvalue weighted by molar-refractivity contribution is 5.94. The van der Waals surface area contributed by atoms with Crippen LogP contribution in [-0.2, 0) is 0 Å². The Kier molecular flexibility index (Phi) is 4.09. The van der Waals surface area contributed by atoms with Crippen LogP contribution in [0.1, 0.15) is 30.6 Å². The molecule has 0 aliphatic heterocycles. The van der Waals surface area contributed by atoms with E-state index in [1.165, 1.54) is 23.5 Å². The second-order valence-corrected chi connectivity index (χ2v) is 4.77. The lowest BCUT2D eigenvalue weighted by atomic mass is 10.00. The molecule has 1 amide bonds. The van der Waals surface area contributed by atoms with Gasteiger partial charge < -0.3 is 10.4 Å². The molecular weight excluding hydrogens is 258 g/mol. The molecular formula is C13H17N5O2. The number of amides is 1. The lowest BCUT2D eigenvalue weighted by Gasteiger charge is -2.27. The third-order valence-electron chi connectivity index (χ3n) is 3.21. The molecule has 106 valence electrons. The number of hydrogen-bond donors (Lipinski definition) is 2. The number of carbonyl (C=O) groups is 1. The number of aliphatic hydroxyl groups excluding tert-OH is 1. The predicted octanol–water partition coefficient (Wildman–Crippen LogP) is 0.553. The Balaban J connectivity index is 2.12. The summed E-state index contributed by atoms with van der Waals surface area (Å²) in [6, 6.07) is 3.35. The van der Waals surface area contributed by atoms with Crippen LogP contribution in [0, 0.1) is 0 Å². The van der Waals surface area contributed by atoms with E-state index in [0.717, 1.165) is 0 Å². The Morgan fingerprint density at radius 1 is 1.50 bits per heavy atom. The van der Waals surface area contributed by atoms with Gasteiger partial charge in [0.2, 0.25) is 0 Å². The van der Waals surface area contributed by atoms with Gasteiger partial charge in [-0.05, 0) is 25.5 Å². The summed E-state index contributed by atoms with van der Waals surface area (Å²) in [5.41, 5.74) is -0.191. The number of nitrogens with zero attached hydrogens (tertiary/aromatic N) is 4. The molecule has 0 saturated carbocycles. The van der Waals surface area contributed by atoms with Gasteiger partial charge in [-0.15, -0.1) is 0 Å². The normalized spacial score (nSPS) is 13.8. The fraction of sp³-hybridized carbons (Fsp3) is 0.385. The molecule has 0 aliphatic rings. The van der Waals surface area contributed by atoms with Gasteiger partial charge in [0, 0.05) is 6.20 Å². The molecule has 2 aromatic rings. The van der Waals surface area contributed by atoms with E-state index in [0.29, 0.717) is 17.8 Å². The van der Waals surface area contributed by atoms with Crippen molar-refractivity contribution in [2.45, 2.75) is 25.8 Å². The number of rotatable bonds is 5. The molecule has 7 heteroatoms. The summed E-state index contributed by atoms with van der Waals surface area (Å²) in [4.78, 5) is 20.1. The van der Waals surface area contributed by atoms with Gasteiger partial charge in [0.25, 0.3) is 5.91 Å². The molecule has 1 atom stereocenters. The van der Waals surface area contributed by atoms with Crippen LogP contribution < -0.4 is 5.32 Å². The summed E-state index contributed by atoms with van der Waals surface area (Å²) >= 11 is 0. The maximum atomic E-state index is 12.1. The highest BCUT2D eigenvalue weighted by Crippen LogP contribution is 2.10. The van der Waals surface area contributed by atoms with Crippen molar-refractivity contribution in [3.05, 3.63) is 36.5 Å². The first-order valence-electron chi connectivity index (χ1n) is 6.32. The molecule has 0 spiro atoms. The van der Waals surface area contributed by atoms with Gasteiger partial charge in [-0.3, -0.25) is 4.79 Å². The molecule has 2 rings (SSSR count). The predicted molar refractivity (Wildman–Crippen MR) is 72.4 cm³/mol. The molecule has 0 aromatic carbocycles. The molecule has 2 aromatic heterocycles. The largest absolute Gasteiger partial charge is 0.394 e. The third-order valence-corrected chi connectivity index (χ3v) is 3.21. The molecule has 7 nitrogen and oxygen atoms in total. The average Bonchev–Trinajstić information content (AvgIpc) is 3.01. The first-order chi connectivity index (χ1) is 9.58. The van der Waals surface area contributed by atoms with Crippen molar-refractivity contribution < 1.29 is 9.90 Å². The van der Waals surface area contributed by atoms with Crippen LogP contribution in [0.3, 0.4) is 0 Å². The van der Waals surface area contributed by atoms with E-state index in [9.17, 15) is 9.90 Å². The van der Waals surface area contributed by atoms with Gasteiger partial charge in [0.05, 0.1) is 17.7 Å². The van der Waals surface area contributed by atoms with Crippen molar-refractivity contribution in [2.75, 3.05) is 6.61 Å². The van der Waals surface area contributed by atoms with Crippen molar-refractivity contribution in [3.8, 4) is 5.82 Å². The number of nitrogens with one attached hydrogen (secondary N) is 1. The van der Waals surface area contributed by atoms with Crippen LogP contribution >= 0.6 is 0 Å². The number of aromatic nitrogens is 4. The standard InChI is InChI=1S/C13H17N5O2/c1-3-13(2,7-19)17-12(20)10-4-5-11(15-6-10)18-9-14-8-16-18/h4-6,8-9,19H,3,7H2,1-2H3,(H,17,20). The highest BCUT2D eigenvalue weighted by atomic mass is 16.3.